The lowest BCUT2D eigenvalue weighted by atomic mass is 9.88. The molecule has 5 rings (SSSR count). The van der Waals surface area contributed by atoms with E-state index in [4.69, 9.17) is 9.47 Å². The number of nitrogens with zero attached hydrogens (tertiary/aromatic N) is 2. The Morgan fingerprint density at radius 1 is 1.14 bits per heavy atom. The third kappa shape index (κ3) is 6.57. The number of benzene rings is 2. The topological polar surface area (TPSA) is 156 Å². The summed E-state index contributed by atoms with van der Waals surface area (Å²) in [4.78, 5) is 13.2. The summed E-state index contributed by atoms with van der Waals surface area (Å²) in [7, 11) is -6.28. The van der Waals surface area contributed by atoms with E-state index in [9.17, 15) is 26.7 Å². The van der Waals surface area contributed by atoms with Gasteiger partial charge in [-0.15, -0.1) is 0 Å². The molecule has 1 aromatic heterocycles. The SMILES string of the molecule is CCn1cc(S(=O)(=O)N2CCC3(CC2)C[C@@H](NC[C@H](O)COc2cccc(S(=O)(=O)NC)c2)CO3)c(=O)c2cccc(C)c21. The molecule has 1 spiro atoms. The van der Waals surface area contributed by atoms with Gasteiger partial charge >= 0.3 is 0 Å². The van der Waals surface area contributed by atoms with E-state index in [0.717, 1.165) is 11.1 Å². The predicted octanol–water partition coefficient (Wildman–Crippen LogP) is 1.58. The highest BCUT2D eigenvalue weighted by atomic mass is 32.2. The van der Waals surface area contributed by atoms with Crippen molar-refractivity contribution in [2.24, 2.45) is 0 Å². The fourth-order valence-electron chi connectivity index (χ4n) is 6.05. The number of para-hydroxylation sites is 1. The lowest BCUT2D eigenvalue weighted by Crippen LogP contribution is -2.47. The van der Waals surface area contributed by atoms with Gasteiger partial charge in [-0.1, -0.05) is 18.2 Å². The van der Waals surface area contributed by atoms with E-state index in [1.807, 2.05) is 24.5 Å². The van der Waals surface area contributed by atoms with Gasteiger partial charge in [-0.25, -0.2) is 21.6 Å². The lowest BCUT2D eigenvalue weighted by molar-refractivity contribution is -0.0312. The second-order valence-corrected chi connectivity index (χ2v) is 15.2. The predicted molar refractivity (Wildman–Crippen MR) is 166 cm³/mol. The van der Waals surface area contributed by atoms with Crippen LogP contribution in [0.25, 0.3) is 10.9 Å². The van der Waals surface area contributed by atoms with Gasteiger partial charge in [0.2, 0.25) is 25.5 Å². The minimum Gasteiger partial charge on any atom is -0.491 e. The van der Waals surface area contributed by atoms with Crippen LogP contribution in [-0.2, 0) is 31.3 Å². The van der Waals surface area contributed by atoms with Crippen LogP contribution in [0.1, 0.15) is 31.7 Å². The maximum atomic E-state index is 13.7. The van der Waals surface area contributed by atoms with Crippen molar-refractivity contribution in [3.8, 4) is 5.75 Å². The Labute approximate surface area is 258 Å². The molecule has 2 saturated heterocycles. The molecule has 2 aromatic carbocycles. The summed E-state index contributed by atoms with van der Waals surface area (Å²) in [6, 6.07) is 11.4. The van der Waals surface area contributed by atoms with Crippen LogP contribution in [0.15, 0.2) is 63.2 Å². The molecule has 0 amide bonds. The fraction of sp³-hybridized carbons (Fsp3) is 0.500. The molecule has 2 aliphatic heterocycles. The average molecular weight is 649 g/mol. The van der Waals surface area contributed by atoms with Crippen LogP contribution in [0.5, 0.6) is 5.75 Å². The Balaban J connectivity index is 1.15. The monoisotopic (exact) mass is 648 g/mol. The van der Waals surface area contributed by atoms with Crippen LogP contribution in [0.4, 0.5) is 0 Å². The molecule has 3 heterocycles. The summed E-state index contributed by atoms with van der Waals surface area (Å²) in [5, 5.41) is 14.2. The number of pyridine rings is 1. The third-order valence-electron chi connectivity index (χ3n) is 8.54. The van der Waals surface area contributed by atoms with Crippen molar-refractivity contribution >= 4 is 30.9 Å². The lowest BCUT2D eigenvalue weighted by Gasteiger charge is -2.38. The molecule has 3 aromatic rings. The highest BCUT2D eigenvalue weighted by Gasteiger charge is 2.45. The molecule has 2 atom stereocenters. The van der Waals surface area contributed by atoms with Crippen LogP contribution in [0.2, 0.25) is 0 Å². The molecule has 2 fully saturated rings. The molecule has 0 radical (unpaired) electrons. The summed E-state index contributed by atoms with van der Waals surface area (Å²) in [5.74, 6) is 0.331. The maximum absolute atomic E-state index is 13.7. The van der Waals surface area contributed by atoms with Gasteiger partial charge in [0.1, 0.15) is 23.4 Å². The first-order chi connectivity index (χ1) is 20.9. The van der Waals surface area contributed by atoms with Gasteiger partial charge in [-0.05, 0) is 63.9 Å². The van der Waals surface area contributed by atoms with Crippen LogP contribution in [-0.4, -0.2) is 88.5 Å². The van der Waals surface area contributed by atoms with E-state index >= 15 is 0 Å². The number of sulfonamides is 2. The summed E-state index contributed by atoms with van der Waals surface area (Å²) < 4.78 is 68.6. The highest BCUT2D eigenvalue weighted by Crippen LogP contribution is 2.37. The number of hydrogen-bond acceptors (Lipinski definition) is 9. The number of hydrogen-bond donors (Lipinski definition) is 3. The number of fused-ring (bicyclic) bond motifs is 1. The summed E-state index contributed by atoms with van der Waals surface area (Å²) in [6.45, 7) is 5.48. The van der Waals surface area contributed by atoms with E-state index in [1.165, 1.54) is 29.7 Å². The van der Waals surface area contributed by atoms with Crippen molar-refractivity contribution in [3.63, 3.8) is 0 Å². The number of aryl methyl sites for hydroxylation is 2. The fourth-order valence-corrected chi connectivity index (χ4v) is 8.36. The molecule has 44 heavy (non-hydrogen) atoms. The van der Waals surface area contributed by atoms with Gasteiger partial charge in [-0.3, -0.25) is 4.79 Å². The van der Waals surface area contributed by atoms with Crippen LogP contribution in [0, 0.1) is 6.92 Å². The highest BCUT2D eigenvalue weighted by molar-refractivity contribution is 7.89. The van der Waals surface area contributed by atoms with Gasteiger partial charge in [-0.2, -0.15) is 4.31 Å². The van der Waals surface area contributed by atoms with E-state index in [-0.39, 0.29) is 42.1 Å². The van der Waals surface area contributed by atoms with Gasteiger partial charge < -0.3 is 24.5 Å². The molecule has 0 bridgehead atoms. The van der Waals surface area contributed by atoms with E-state index in [2.05, 4.69) is 10.0 Å². The minimum atomic E-state index is -4.01. The quantitative estimate of drug-likeness (QED) is 0.281. The van der Waals surface area contributed by atoms with Gasteiger partial charge in [0.05, 0.1) is 22.6 Å². The summed E-state index contributed by atoms with van der Waals surface area (Å²) in [5.41, 5.74) is 0.710. The van der Waals surface area contributed by atoms with Crippen molar-refractivity contribution in [1.29, 1.82) is 0 Å². The smallest absolute Gasteiger partial charge is 0.248 e. The van der Waals surface area contributed by atoms with Gasteiger partial charge in [0, 0.05) is 49.9 Å². The Morgan fingerprint density at radius 3 is 2.57 bits per heavy atom. The normalized spacial score (nSPS) is 19.9. The Hall–Kier alpha value is -2.85. The standard InChI is InChI=1S/C30H40N4O8S2/c1-4-33-18-27(29(36)26-10-5-7-21(2)28(26)33)44(39,40)34-13-11-30(12-14-34)16-22(19-42-30)32-17-23(35)20-41-24-8-6-9-25(15-24)43(37,38)31-3/h5-10,15,18,22-23,31-32,35H,4,11-14,16-17,19-20H2,1-3H3/t22-,23+/m1/s1. The van der Waals surface area contributed by atoms with Crippen LogP contribution >= 0.6 is 0 Å². The van der Waals surface area contributed by atoms with Crippen molar-refractivity contribution in [2.45, 2.75) is 67.2 Å². The van der Waals surface area contributed by atoms with Crippen molar-refractivity contribution in [2.75, 3.05) is 39.9 Å². The molecule has 14 heteroatoms. The zero-order chi connectivity index (χ0) is 31.7. The summed E-state index contributed by atoms with van der Waals surface area (Å²) in [6.07, 6.45) is 2.28. The zero-order valence-electron chi connectivity index (χ0n) is 25.2. The molecular formula is C30H40N4O8S2. The molecule has 2 aliphatic rings. The zero-order valence-corrected chi connectivity index (χ0v) is 26.8. The number of rotatable bonds is 11. The van der Waals surface area contributed by atoms with Crippen molar-refractivity contribution < 1.29 is 31.4 Å². The second-order valence-electron chi connectivity index (χ2n) is 11.4. The molecule has 0 saturated carbocycles. The van der Waals surface area contributed by atoms with E-state index in [1.54, 1.807) is 24.3 Å². The first kappa shape index (κ1) is 32.5. The molecule has 3 N–H and O–H groups in total. The van der Waals surface area contributed by atoms with Gasteiger partial charge in [0.15, 0.2) is 0 Å². The van der Waals surface area contributed by atoms with E-state index < -0.39 is 37.2 Å². The molecular weight excluding hydrogens is 608 g/mol. The van der Waals surface area contributed by atoms with Crippen LogP contribution in [0.3, 0.4) is 0 Å². The number of nitrogens with one attached hydrogen (secondary N) is 2. The summed E-state index contributed by atoms with van der Waals surface area (Å²) >= 11 is 0. The number of aliphatic hydroxyl groups excluding tert-OH is 1. The van der Waals surface area contributed by atoms with Crippen molar-refractivity contribution in [1.82, 2.24) is 18.9 Å². The minimum absolute atomic E-state index is 0.0302. The molecule has 0 unspecified atom stereocenters. The number of aromatic nitrogens is 1. The molecule has 0 aliphatic carbocycles. The third-order valence-corrected chi connectivity index (χ3v) is 11.8. The molecule has 12 nitrogen and oxygen atoms in total. The Bertz CT molecular complexity index is 1780. The number of aliphatic hydroxyl groups is 1. The first-order valence-corrected chi connectivity index (χ1v) is 17.7. The average Bonchev–Trinajstić information content (AvgIpc) is 3.41. The van der Waals surface area contributed by atoms with E-state index in [0.29, 0.717) is 43.5 Å². The largest absolute Gasteiger partial charge is 0.491 e. The maximum Gasteiger partial charge on any atom is 0.248 e. The Kier molecular flexibility index (Phi) is 9.52. The Morgan fingerprint density at radius 2 is 1.86 bits per heavy atom. The second kappa shape index (κ2) is 12.9. The molecule has 240 valence electrons. The number of piperidine rings is 1. The van der Waals surface area contributed by atoms with Crippen molar-refractivity contribution in [3.05, 3.63) is 64.4 Å². The number of ether oxygens (including phenoxy) is 2. The van der Waals surface area contributed by atoms with Crippen LogP contribution < -0.4 is 20.2 Å². The first-order valence-electron chi connectivity index (χ1n) is 14.7. The van der Waals surface area contributed by atoms with Gasteiger partial charge in [0.25, 0.3) is 0 Å².